The lowest BCUT2D eigenvalue weighted by Crippen LogP contribution is -2.37. The summed E-state index contributed by atoms with van der Waals surface area (Å²) < 4.78 is 5.16. The third-order valence-electron chi connectivity index (χ3n) is 3.42. The van der Waals surface area contributed by atoms with Crippen molar-refractivity contribution in [3.05, 3.63) is 71.3 Å². The highest BCUT2D eigenvalue weighted by Gasteiger charge is 2.21. The molecule has 0 aliphatic heterocycles. The van der Waals surface area contributed by atoms with Crippen LogP contribution < -0.4 is 4.90 Å². The van der Waals surface area contributed by atoms with Crippen molar-refractivity contribution in [3.63, 3.8) is 0 Å². The monoisotopic (exact) mass is 343 g/mol. The number of carbonyl (C=O) groups is 2. The lowest BCUT2D eigenvalue weighted by atomic mass is 10.2. The van der Waals surface area contributed by atoms with Gasteiger partial charge < -0.3 is 9.64 Å². The smallest absolute Gasteiger partial charge is 0.331 e. The van der Waals surface area contributed by atoms with Crippen LogP contribution in [0.5, 0.6) is 0 Å². The fraction of sp³-hybridized carbons (Fsp3) is 0.158. The first kappa shape index (κ1) is 17.8. The number of ether oxygens (including phenoxy) is 1. The maximum Gasteiger partial charge on any atom is 0.331 e. The molecule has 2 rings (SSSR count). The third kappa shape index (κ3) is 4.70. The second-order valence-electron chi connectivity index (χ2n) is 5.17. The van der Waals surface area contributed by atoms with Gasteiger partial charge in [-0.2, -0.15) is 0 Å². The molecule has 0 heterocycles. The molecule has 0 N–H and O–H groups in total. The fourth-order valence-electron chi connectivity index (χ4n) is 2.08. The average Bonchev–Trinajstić information content (AvgIpc) is 2.60. The summed E-state index contributed by atoms with van der Waals surface area (Å²) in [6.45, 7) is 1.54. The van der Waals surface area contributed by atoms with Crippen LogP contribution in [0, 0.1) is 0 Å². The molecule has 0 spiro atoms. The Bertz CT molecular complexity index is 743. The Morgan fingerprint density at radius 1 is 1.08 bits per heavy atom. The lowest BCUT2D eigenvalue weighted by molar-refractivity contribution is -0.148. The van der Waals surface area contributed by atoms with Crippen LogP contribution in [0.2, 0.25) is 5.02 Å². The van der Waals surface area contributed by atoms with Gasteiger partial charge >= 0.3 is 5.97 Å². The SMILES string of the molecule is C[C@H](OC(=O)/C=C/c1ccccc1Cl)C(=O)N(C)c1ccccc1. The van der Waals surface area contributed by atoms with Gasteiger partial charge in [0.1, 0.15) is 0 Å². The van der Waals surface area contributed by atoms with E-state index in [1.807, 2.05) is 36.4 Å². The highest BCUT2D eigenvalue weighted by Crippen LogP contribution is 2.17. The number of likely N-dealkylation sites (N-methyl/N-ethyl adjacent to an activating group) is 1. The van der Waals surface area contributed by atoms with Gasteiger partial charge in [0.15, 0.2) is 6.10 Å². The number of hydrogen-bond donors (Lipinski definition) is 0. The van der Waals surface area contributed by atoms with Gasteiger partial charge in [-0.15, -0.1) is 0 Å². The highest BCUT2D eigenvalue weighted by molar-refractivity contribution is 6.32. The summed E-state index contributed by atoms with van der Waals surface area (Å²) in [5.41, 5.74) is 1.44. The number of carbonyl (C=O) groups excluding carboxylic acids is 2. The van der Waals surface area contributed by atoms with Crippen LogP contribution in [0.25, 0.3) is 6.08 Å². The van der Waals surface area contributed by atoms with Crippen molar-refractivity contribution in [2.24, 2.45) is 0 Å². The van der Waals surface area contributed by atoms with E-state index < -0.39 is 12.1 Å². The van der Waals surface area contributed by atoms with Crippen molar-refractivity contribution < 1.29 is 14.3 Å². The Labute approximate surface area is 146 Å². The Balaban J connectivity index is 1.96. The minimum atomic E-state index is -0.890. The molecule has 0 saturated heterocycles. The molecule has 0 bridgehead atoms. The Kier molecular flexibility index (Phi) is 6.15. The van der Waals surface area contributed by atoms with E-state index in [0.29, 0.717) is 10.6 Å². The molecule has 0 aliphatic rings. The fourth-order valence-corrected chi connectivity index (χ4v) is 2.28. The number of hydrogen-bond acceptors (Lipinski definition) is 3. The van der Waals surface area contributed by atoms with E-state index in [0.717, 1.165) is 5.69 Å². The summed E-state index contributed by atoms with van der Waals surface area (Å²) in [6, 6.07) is 16.3. The minimum absolute atomic E-state index is 0.305. The van der Waals surface area contributed by atoms with E-state index >= 15 is 0 Å². The maximum absolute atomic E-state index is 12.3. The number of rotatable bonds is 5. The summed E-state index contributed by atoms with van der Waals surface area (Å²) in [5, 5.41) is 0.537. The van der Waals surface area contributed by atoms with E-state index in [2.05, 4.69) is 0 Å². The molecule has 2 aromatic rings. The van der Waals surface area contributed by atoms with Gasteiger partial charge in [-0.05, 0) is 36.8 Å². The lowest BCUT2D eigenvalue weighted by Gasteiger charge is -2.21. The number of para-hydroxylation sites is 1. The zero-order valence-electron chi connectivity index (χ0n) is 13.5. The van der Waals surface area contributed by atoms with Gasteiger partial charge in [0, 0.05) is 23.8 Å². The molecule has 0 radical (unpaired) electrons. The normalized spacial score (nSPS) is 12.0. The van der Waals surface area contributed by atoms with E-state index in [9.17, 15) is 9.59 Å². The van der Waals surface area contributed by atoms with Gasteiger partial charge in [-0.1, -0.05) is 48.0 Å². The van der Waals surface area contributed by atoms with Crippen molar-refractivity contribution in [1.82, 2.24) is 0 Å². The molecule has 2 aromatic carbocycles. The van der Waals surface area contributed by atoms with Gasteiger partial charge in [-0.25, -0.2) is 4.79 Å². The molecular weight excluding hydrogens is 326 g/mol. The van der Waals surface area contributed by atoms with Gasteiger partial charge in [0.05, 0.1) is 0 Å². The molecule has 24 heavy (non-hydrogen) atoms. The van der Waals surface area contributed by atoms with Crippen LogP contribution in [-0.4, -0.2) is 25.0 Å². The van der Waals surface area contributed by atoms with Crippen molar-refractivity contribution >= 4 is 35.2 Å². The van der Waals surface area contributed by atoms with Crippen LogP contribution in [-0.2, 0) is 14.3 Å². The summed E-state index contributed by atoms with van der Waals surface area (Å²) in [7, 11) is 1.64. The number of halogens is 1. The molecule has 124 valence electrons. The van der Waals surface area contributed by atoms with Crippen molar-refractivity contribution in [2.45, 2.75) is 13.0 Å². The number of benzene rings is 2. The van der Waals surface area contributed by atoms with Crippen molar-refractivity contribution in [2.75, 3.05) is 11.9 Å². The number of nitrogens with zero attached hydrogens (tertiary/aromatic N) is 1. The molecule has 0 aromatic heterocycles. The van der Waals surface area contributed by atoms with Crippen LogP contribution in [0.4, 0.5) is 5.69 Å². The highest BCUT2D eigenvalue weighted by atomic mass is 35.5. The number of anilines is 1. The molecule has 1 atom stereocenters. The van der Waals surface area contributed by atoms with Gasteiger partial charge in [0.2, 0.25) is 0 Å². The molecule has 0 fully saturated rings. The van der Waals surface area contributed by atoms with Crippen LogP contribution in [0.3, 0.4) is 0 Å². The molecular formula is C19H18ClNO3. The first-order valence-electron chi connectivity index (χ1n) is 7.45. The largest absolute Gasteiger partial charge is 0.449 e. The van der Waals surface area contributed by atoms with Crippen LogP contribution >= 0.6 is 11.6 Å². The second kappa shape index (κ2) is 8.31. The quantitative estimate of drug-likeness (QED) is 0.610. The number of amides is 1. The maximum atomic E-state index is 12.3. The summed E-state index contributed by atoms with van der Waals surface area (Å²) >= 11 is 6.01. The minimum Gasteiger partial charge on any atom is -0.449 e. The van der Waals surface area contributed by atoms with Crippen LogP contribution in [0.1, 0.15) is 12.5 Å². The Morgan fingerprint density at radius 2 is 1.71 bits per heavy atom. The average molecular weight is 344 g/mol. The van der Waals surface area contributed by atoms with E-state index in [1.54, 1.807) is 38.2 Å². The summed E-state index contributed by atoms with van der Waals surface area (Å²) in [4.78, 5) is 25.6. The van der Waals surface area contributed by atoms with Gasteiger partial charge in [0.25, 0.3) is 5.91 Å². The first-order valence-corrected chi connectivity index (χ1v) is 7.82. The molecule has 0 saturated carbocycles. The van der Waals surface area contributed by atoms with Gasteiger partial charge in [-0.3, -0.25) is 4.79 Å². The standard InChI is InChI=1S/C19H18ClNO3/c1-14(19(23)21(2)16-9-4-3-5-10-16)24-18(22)13-12-15-8-6-7-11-17(15)20/h3-14H,1-2H3/b13-12+/t14-/m0/s1. The zero-order chi connectivity index (χ0) is 17.5. The number of esters is 1. The molecule has 0 aliphatic carbocycles. The van der Waals surface area contributed by atoms with E-state index in [-0.39, 0.29) is 5.91 Å². The topological polar surface area (TPSA) is 46.6 Å². The van der Waals surface area contributed by atoms with Crippen LogP contribution in [0.15, 0.2) is 60.7 Å². The molecule has 5 heteroatoms. The Morgan fingerprint density at radius 3 is 2.38 bits per heavy atom. The summed E-state index contributed by atoms with van der Waals surface area (Å²) in [6.07, 6.45) is 1.93. The predicted octanol–water partition coefficient (Wildman–Crippen LogP) is 3.95. The first-order chi connectivity index (χ1) is 11.5. The van der Waals surface area contributed by atoms with E-state index in [4.69, 9.17) is 16.3 Å². The summed E-state index contributed by atoms with van der Waals surface area (Å²) in [5.74, 6) is -0.905. The molecule has 4 nitrogen and oxygen atoms in total. The van der Waals surface area contributed by atoms with Crippen molar-refractivity contribution in [1.29, 1.82) is 0 Å². The predicted molar refractivity (Wildman–Crippen MR) is 95.9 cm³/mol. The zero-order valence-corrected chi connectivity index (χ0v) is 14.2. The molecule has 0 unspecified atom stereocenters. The van der Waals surface area contributed by atoms with Crippen molar-refractivity contribution in [3.8, 4) is 0 Å². The Hall–Kier alpha value is -2.59. The molecule has 1 amide bonds. The third-order valence-corrected chi connectivity index (χ3v) is 3.76. The second-order valence-corrected chi connectivity index (χ2v) is 5.57. The van der Waals surface area contributed by atoms with E-state index in [1.165, 1.54) is 11.0 Å².